The molecule has 0 spiro atoms. The van der Waals surface area contributed by atoms with E-state index in [-0.39, 0.29) is 6.15 Å². The van der Waals surface area contributed by atoms with Crippen LogP contribution in [0.2, 0.25) is 10.0 Å². The van der Waals surface area contributed by atoms with E-state index in [0.717, 1.165) is 39.5 Å². The quantitative estimate of drug-likeness (QED) is 0.371. The number of thiazole rings is 1. The van der Waals surface area contributed by atoms with E-state index in [4.69, 9.17) is 32.8 Å². The molecule has 1 N–H and O–H groups in total. The molecule has 0 amide bonds. The second-order valence-corrected chi connectivity index (χ2v) is 10.5. The second-order valence-electron chi connectivity index (χ2n) is 7.12. The van der Waals surface area contributed by atoms with Crippen LogP contribution in [0.4, 0.5) is 5.69 Å². The number of aryl methyl sites for hydroxylation is 1. The summed E-state index contributed by atoms with van der Waals surface area (Å²) in [5.74, 6) is 0. The first-order valence-corrected chi connectivity index (χ1v) is 13.2. The first-order valence-electron chi connectivity index (χ1n) is 9.62. The summed E-state index contributed by atoms with van der Waals surface area (Å²) in [6.45, 7) is 1.92. The van der Waals surface area contributed by atoms with Crippen molar-refractivity contribution in [3.05, 3.63) is 80.9 Å². The molecule has 0 saturated heterocycles. The Morgan fingerprint density at radius 2 is 1.79 bits per heavy atom. The van der Waals surface area contributed by atoms with Gasteiger partial charge in [0.1, 0.15) is 0 Å². The van der Waals surface area contributed by atoms with Gasteiger partial charge >= 0.3 is 6.15 Å². The highest BCUT2D eigenvalue weighted by Gasteiger charge is 2.14. The Labute approximate surface area is 210 Å². The van der Waals surface area contributed by atoms with Crippen molar-refractivity contribution in [2.45, 2.75) is 13.3 Å². The molecule has 176 valence electrons. The minimum atomic E-state index is -3.37. The molecule has 34 heavy (non-hydrogen) atoms. The van der Waals surface area contributed by atoms with E-state index in [2.05, 4.69) is 14.8 Å². The van der Waals surface area contributed by atoms with Crippen LogP contribution in [0.3, 0.4) is 0 Å². The highest BCUT2D eigenvalue weighted by atomic mass is 35.5. The lowest BCUT2D eigenvalue weighted by Crippen LogP contribution is -2.11. The molecular formula is C22H18Cl2N4O4S2. The van der Waals surface area contributed by atoms with Crippen LogP contribution < -0.4 is 4.72 Å². The SMILES string of the molecule is Cc1nn(-c2nc(-c3ccc(Cl)c(Cl)c3)cs2)cc1Cc1ccccc1NS(C)(=O)=O.O=C=O. The van der Waals surface area contributed by atoms with Crippen molar-refractivity contribution in [2.24, 2.45) is 0 Å². The Morgan fingerprint density at radius 3 is 2.47 bits per heavy atom. The molecule has 0 atom stereocenters. The monoisotopic (exact) mass is 536 g/mol. The number of benzene rings is 2. The van der Waals surface area contributed by atoms with E-state index < -0.39 is 10.0 Å². The summed E-state index contributed by atoms with van der Waals surface area (Å²) in [6, 6.07) is 12.7. The summed E-state index contributed by atoms with van der Waals surface area (Å²) < 4.78 is 27.7. The molecule has 4 aromatic rings. The number of halogens is 2. The third-order valence-corrected chi connectivity index (χ3v) is 6.76. The summed E-state index contributed by atoms with van der Waals surface area (Å²) in [7, 11) is -3.37. The maximum Gasteiger partial charge on any atom is 0.373 e. The molecule has 0 aliphatic heterocycles. The van der Waals surface area contributed by atoms with Gasteiger partial charge in [0.25, 0.3) is 0 Å². The van der Waals surface area contributed by atoms with E-state index >= 15 is 0 Å². The molecule has 2 aromatic carbocycles. The molecule has 0 aliphatic carbocycles. The van der Waals surface area contributed by atoms with Gasteiger partial charge in [0, 0.05) is 23.6 Å². The van der Waals surface area contributed by atoms with Crippen LogP contribution in [-0.2, 0) is 26.0 Å². The summed E-state index contributed by atoms with van der Waals surface area (Å²) in [4.78, 5) is 20.9. The molecule has 0 aliphatic rings. The molecule has 0 bridgehead atoms. The molecule has 4 rings (SSSR count). The van der Waals surface area contributed by atoms with E-state index in [0.29, 0.717) is 22.2 Å². The molecule has 0 unspecified atom stereocenters. The lowest BCUT2D eigenvalue weighted by atomic mass is 10.0. The summed E-state index contributed by atoms with van der Waals surface area (Å²) in [6.07, 6.45) is 3.85. The Kier molecular flexibility index (Phi) is 8.24. The Morgan fingerprint density at radius 1 is 1.09 bits per heavy atom. The molecular weight excluding hydrogens is 519 g/mol. The smallest absolute Gasteiger partial charge is 0.283 e. The predicted octanol–water partition coefficient (Wildman–Crippen LogP) is 4.99. The van der Waals surface area contributed by atoms with Gasteiger partial charge in [0.05, 0.1) is 33.4 Å². The number of nitrogens with zero attached hydrogens (tertiary/aromatic N) is 3. The second kappa shape index (κ2) is 10.9. The number of rotatable bonds is 6. The summed E-state index contributed by atoms with van der Waals surface area (Å²) in [5, 5.41) is 8.24. The molecule has 12 heteroatoms. The van der Waals surface area contributed by atoms with Gasteiger partial charge in [-0.2, -0.15) is 14.7 Å². The van der Waals surface area contributed by atoms with Gasteiger partial charge in [0.2, 0.25) is 15.2 Å². The van der Waals surface area contributed by atoms with Crippen molar-refractivity contribution < 1.29 is 18.0 Å². The zero-order valence-corrected chi connectivity index (χ0v) is 21.1. The number of aromatic nitrogens is 3. The number of anilines is 1. The van der Waals surface area contributed by atoms with Crippen molar-refractivity contribution in [3.8, 4) is 16.4 Å². The maximum absolute atomic E-state index is 11.7. The topological polar surface area (TPSA) is 111 Å². The van der Waals surface area contributed by atoms with Crippen LogP contribution in [0.15, 0.2) is 54.0 Å². The van der Waals surface area contributed by atoms with Crippen molar-refractivity contribution >= 4 is 56.4 Å². The third-order valence-electron chi connectivity index (χ3n) is 4.60. The van der Waals surface area contributed by atoms with E-state index in [1.165, 1.54) is 11.3 Å². The van der Waals surface area contributed by atoms with Gasteiger partial charge in [0.15, 0.2) is 0 Å². The van der Waals surface area contributed by atoms with Crippen LogP contribution in [0, 0.1) is 6.92 Å². The number of carbonyl (C=O) groups excluding carboxylic acids is 2. The lowest BCUT2D eigenvalue weighted by Gasteiger charge is -2.10. The van der Waals surface area contributed by atoms with E-state index in [1.54, 1.807) is 28.9 Å². The van der Waals surface area contributed by atoms with Crippen molar-refractivity contribution in [2.75, 3.05) is 11.0 Å². The van der Waals surface area contributed by atoms with E-state index in [1.807, 2.05) is 36.7 Å². The van der Waals surface area contributed by atoms with Crippen molar-refractivity contribution in [1.82, 2.24) is 14.8 Å². The third kappa shape index (κ3) is 6.53. The van der Waals surface area contributed by atoms with Crippen molar-refractivity contribution in [3.63, 3.8) is 0 Å². The predicted molar refractivity (Wildman–Crippen MR) is 132 cm³/mol. The van der Waals surface area contributed by atoms with Gasteiger partial charge in [-0.05, 0) is 36.2 Å². The highest BCUT2D eigenvalue weighted by Crippen LogP contribution is 2.30. The average molecular weight is 537 g/mol. The Hall–Kier alpha value is -3.01. The Bertz CT molecular complexity index is 1460. The van der Waals surface area contributed by atoms with Gasteiger partial charge < -0.3 is 0 Å². The first-order chi connectivity index (χ1) is 16.1. The number of para-hydroxylation sites is 1. The van der Waals surface area contributed by atoms with Crippen LogP contribution in [-0.4, -0.2) is 35.6 Å². The standard InChI is InChI=1S/C21H18Cl2N4O2S2.CO2/c1-13-16(9-14-5-3-4-6-19(14)26-31(2,28)29)11-27(25-13)21-24-20(12-30-21)15-7-8-17(22)18(23)10-15;2-1-3/h3-8,10-12,26H,9H2,1-2H3;. The van der Waals surface area contributed by atoms with Crippen LogP contribution in [0.5, 0.6) is 0 Å². The fraction of sp³-hybridized carbons (Fsp3) is 0.136. The fourth-order valence-electron chi connectivity index (χ4n) is 3.10. The largest absolute Gasteiger partial charge is 0.373 e. The molecule has 2 heterocycles. The minimum Gasteiger partial charge on any atom is -0.283 e. The Balaban J connectivity index is 0.00000103. The molecule has 2 aromatic heterocycles. The van der Waals surface area contributed by atoms with E-state index in [9.17, 15) is 8.42 Å². The number of sulfonamides is 1. The first kappa shape index (κ1) is 25.6. The average Bonchev–Trinajstić information content (AvgIpc) is 3.38. The molecule has 8 nitrogen and oxygen atoms in total. The summed E-state index contributed by atoms with van der Waals surface area (Å²) in [5.41, 5.74) is 4.92. The normalized spacial score (nSPS) is 10.8. The molecule has 0 fully saturated rings. The number of hydrogen-bond acceptors (Lipinski definition) is 7. The van der Waals surface area contributed by atoms with Gasteiger partial charge in [-0.15, -0.1) is 11.3 Å². The maximum atomic E-state index is 11.7. The van der Waals surface area contributed by atoms with Crippen molar-refractivity contribution in [1.29, 1.82) is 0 Å². The zero-order valence-electron chi connectivity index (χ0n) is 18.0. The van der Waals surface area contributed by atoms with Crippen LogP contribution >= 0.6 is 34.5 Å². The fourth-order valence-corrected chi connectivity index (χ4v) is 4.76. The zero-order chi connectivity index (χ0) is 24.9. The van der Waals surface area contributed by atoms with Crippen LogP contribution in [0.25, 0.3) is 16.4 Å². The lowest BCUT2D eigenvalue weighted by molar-refractivity contribution is -0.191. The summed E-state index contributed by atoms with van der Waals surface area (Å²) >= 11 is 13.6. The highest BCUT2D eigenvalue weighted by molar-refractivity contribution is 7.92. The molecule has 0 saturated carbocycles. The van der Waals surface area contributed by atoms with Gasteiger partial charge in [-0.3, -0.25) is 4.72 Å². The molecule has 0 radical (unpaired) electrons. The van der Waals surface area contributed by atoms with Gasteiger partial charge in [-0.1, -0.05) is 47.5 Å². The van der Waals surface area contributed by atoms with Gasteiger partial charge in [-0.25, -0.2) is 18.1 Å². The minimum absolute atomic E-state index is 0.250. The van der Waals surface area contributed by atoms with Crippen LogP contribution in [0.1, 0.15) is 16.8 Å². The number of hydrogen-bond donors (Lipinski definition) is 1. The number of nitrogens with one attached hydrogen (secondary N) is 1.